The highest BCUT2D eigenvalue weighted by Gasteiger charge is 2.40. The molecule has 0 saturated heterocycles. The van der Waals surface area contributed by atoms with Gasteiger partial charge >= 0.3 is 5.97 Å². The van der Waals surface area contributed by atoms with Crippen LogP contribution in [0.2, 0.25) is 0 Å². The maximum Gasteiger partial charge on any atom is 0.303 e. The predicted octanol–water partition coefficient (Wildman–Crippen LogP) is 7.11. The Morgan fingerprint density at radius 1 is 0.907 bits per heavy atom. The molecule has 1 N–H and O–H groups in total. The zero-order valence-corrected chi connectivity index (χ0v) is 25.4. The van der Waals surface area contributed by atoms with Crippen molar-refractivity contribution in [3.05, 3.63) is 130 Å². The fraction of sp³-hybridized carbons (Fsp3) is 0.297. The van der Waals surface area contributed by atoms with E-state index in [9.17, 15) is 9.59 Å². The van der Waals surface area contributed by atoms with Crippen LogP contribution in [0, 0.1) is 13.8 Å². The SMILES string of the molecule is CC(=O)O[C@H](CN(Cc1ccccc1)C1(C)Cc2cc(C)c(C)cc2C1)c1ccc(OCc2ccccc2)c(NC=O)c1. The summed E-state index contributed by atoms with van der Waals surface area (Å²) in [6.45, 7) is 9.65. The highest BCUT2D eigenvalue weighted by molar-refractivity contribution is 5.76. The number of esters is 1. The van der Waals surface area contributed by atoms with Crippen LogP contribution in [-0.2, 0) is 40.3 Å². The van der Waals surface area contributed by atoms with Crippen LogP contribution in [0.1, 0.15) is 58.9 Å². The molecule has 0 heterocycles. The number of hydrogen-bond donors (Lipinski definition) is 1. The summed E-state index contributed by atoms with van der Waals surface area (Å²) in [5.74, 6) is 0.191. The third-order valence-electron chi connectivity index (χ3n) is 8.46. The molecule has 5 rings (SSSR count). The van der Waals surface area contributed by atoms with Crippen LogP contribution < -0.4 is 10.1 Å². The van der Waals surface area contributed by atoms with Crippen LogP contribution in [0.5, 0.6) is 5.75 Å². The summed E-state index contributed by atoms with van der Waals surface area (Å²) < 4.78 is 12.1. The van der Waals surface area contributed by atoms with E-state index < -0.39 is 6.10 Å². The third-order valence-corrected chi connectivity index (χ3v) is 8.46. The molecule has 6 heteroatoms. The monoisotopic (exact) mass is 576 g/mol. The van der Waals surface area contributed by atoms with E-state index in [1.165, 1.54) is 34.7 Å². The fourth-order valence-electron chi connectivity index (χ4n) is 6.05. The Hall–Kier alpha value is -4.42. The van der Waals surface area contributed by atoms with E-state index in [-0.39, 0.29) is 11.5 Å². The van der Waals surface area contributed by atoms with E-state index in [1.807, 2.05) is 54.6 Å². The summed E-state index contributed by atoms with van der Waals surface area (Å²) in [4.78, 5) is 26.4. The zero-order chi connectivity index (χ0) is 30.4. The smallest absolute Gasteiger partial charge is 0.303 e. The van der Waals surface area contributed by atoms with E-state index in [1.54, 1.807) is 0 Å². The quantitative estimate of drug-likeness (QED) is 0.144. The summed E-state index contributed by atoms with van der Waals surface area (Å²) in [5.41, 5.74) is 8.72. The number of hydrogen-bond acceptors (Lipinski definition) is 5. The van der Waals surface area contributed by atoms with Gasteiger partial charge in [0.15, 0.2) is 0 Å². The maximum atomic E-state index is 12.4. The van der Waals surface area contributed by atoms with Gasteiger partial charge in [-0.25, -0.2) is 0 Å². The minimum absolute atomic E-state index is 0.181. The van der Waals surface area contributed by atoms with Gasteiger partial charge in [0.2, 0.25) is 6.41 Å². The average molecular weight is 577 g/mol. The number of anilines is 1. The van der Waals surface area contributed by atoms with E-state index >= 15 is 0 Å². The number of nitrogens with one attached hydrogen (secondary N) is 1. The van der Waals surface area contributed by atoms with Gasteiger partial charge in [0.25, 0.3) is 0 Å². The molecule has 1 atom stereocenters. The van der Waals surface area contributed by atoms with Crippen LogP contribution in [0.4, 0.5) is 5.69 Å². The molecule has 6 nitrogen and oxygen atoms in total. The minimum Gasteiger partial charge on any atom is -0.487 e. The second-order valence-corrected chi connectivity index (χ2v) is 11.8. The largest absolute Gasteiger partial charge is 0.487 e. The first-order valence-electron chi connectivity index (χ1n) is 14.8. The van der Waals surface area contributed by atoms with Crippen molar-refractivity contribution in [3.63, 3.8) is 0 Å². The number of carbonyl (C=O) groups excluding carboxylic acids is 2. The predicted molar refractivity (Wildman–Crippen MR) is 170 cm³/mol. The highest BCUT2D eigenvalue weighted by Crippen LogP contribution is 2.39. The molecule has 0 unspecified atom stereocenters. The molecule has 0 spiro atoms. The molecule has 0 radical (unpaired) electrons. The first-order chi connectivity index (χ1) is 20.7. The summed E-state index contributed by atoms with van der Waals surface area (Å²) >= 11 is 0. The first kappa shape index (κ1) is 30.1. The van der Waals surface area contributed by atoms with Crippen LogP contribution >= 0.6 is 0 Å². The molecular formula is C37H40N2O4. The van der Waals surface area contributed by atoms with Gasteiger partial charge in [-0.05, 0) is 84.7 Å². The average Bonchev–Trinajstić information content (AvgIpc) is 3.32. The molecule has 1 aliphatic carbocycles. The minimum atomic E-state index is -0.555. The second-order valence-electron chi connectivity index (χ2n) is 11.8. The number of nitrogens with zero attached hydrogens (tertiary/aromatic N) is 1. The number of aryl methyl sites for hydroxylation is 2. The fourth-order valence-corrected chi connectivity index (χ4v) is 6.05. The van der Waals surface area contributed by atoms with Crippen molar-refractivity contribution in [2.45, 2.75) is 65.3 Å². The van der Waals surface area contributed by atoms with Gasteiger partial charge < -0.3 is 14.8 Å². The lowest BCUT2D eigenvalue weighted by atomic mass is 9.93. The molecule has 43 heavy (non-hydrogen) atoms. The highest BCUT2D eigenvalue weighted by atomic mass is 16.5. The molecule has 4 aromatic rings. The molecule has 222 valence electrons. The Balaban J connectivity index is 1.46. The van der Waals surface area contributed by atoms with Crippen LogP contribution in [-0.4, -0.2) is 29.4 Å². The zero-order valence-electron chi connectivity index (χ0n) is 25.4. The Morgan fingerprint density at radius 2 is 1.51 bits per heavy atom. The number of carbonyl (C=O) groups is 2. The molecule has 0 fully saturated rings. The lowest BCUT2D eigenvalue weighted by Gasteiger charge is -2.40. The van der Waals surface area contributed by atoms with E-state index in [0.29, 0.717) is 37.5 Å². The van der Waals surface area contributed by atoms with Crippen molar-refractivity contribution in [1.29, 1.82) is 0 Å². The normalized spacial score (nSPS) is 14.2. The van der Waals surface area contributed by atoms with Gasteiger partial charge in [-0.15, -0.1) is 0 Å². The van der Waals surface area contributed by atoms with E-state index in [2.05, 4.69) is 67.4 Å². The van der Waals surface area contributed by atoms with Gasteiger partial charge in [0.05, 0.1) is 5.69 Å². The van der Waals surface area contributed by atoms with Crippen molar-refractivity contribution in [2.24, 2.45) is 0 Å². The standard InChI is InChI=1S/C37H40N2O4/c1-26-17-32-20-37(4,21-33(32)18-27(26)2)39(22-29-11-7-5-8-12-29)23-36(43-28(3)41)31-15-16-35(34(19-31)38-25-40)42-24-30-13-9-6-10-14-30/h5-19,25,36H,20-24H2,1-4H3,(H,38,40)/t36-/m1/s1. The molecule has 1 amide bonds. The molecule has 1 aliphatic rings. The van der Waals surface area contributed by atoms with Crippen molar-refractivity contribution < 1.29 is 19.1 Å². The van der Waals surface area contributed by atoms with E-state index in [4.69, 9.17) is 9.47 Å². The number of benzene rings is 4. The Morgan fingerprint density at radius 3 is 2.09 bits per heavy atom. The van der Waals surface area contributed by atoms with Gasteiger partial charge in [0, 0.05) is 25.6 Å². The molecule has 0 aromatic heterocycles. The van der Waals surface area contributed by atoms with E-state index in [0.717, 1.165) is 24.0 Å². The second kappa shape index (κ2) is 13.3. The van der Waals surface area contributed by atoms with Crippen molar-refractivity contribution in [2.75, 3.05) is 11.9 Å². The molecule has 0 bridgehead atoms. The van der Waals surface area contributed by atoms with Crippen LogP contribution in [0.25, 0.3) is 0 Å². The number of amides is 1. The summed E-state index contributed by atoms with van der Waals surface area (Å²) in [6, 6.07) is 30.5. The Kier molecular flexibility index (Phi) is 9.27. The molecule has 0 aliphatic heterocycles. The van der Waals surface area contributed by atoms with Crippen LogP contribution in [0.15, 0.2) is 91.0 Å². The molecule has 0 saturated carbocycles. The lowest BCUT2D eigenvalue weighted by molar-refractivity contribution is -0.148. The van der Waals surface area contributed by atoms with Gasteiger partial charge in [-0.1, -0.05) is 78.9 Å². The third kappa shape index (κ3) is 7.33. The van der Waals surface area contributed by atoms with Gasteiger partial charge in [-0.3, -0.25) is 14.5 Å². The van der Waals surface area contributed by atoms with Crippen molar-refractivity contribution in [3.8, 4) is 5.75 Å². The molecular weight excluding hydrogens is 536 g/mol. The Bertz CT molecular complexity index is 1540. The topological polar surface area (TPSA) is 67.9 Å². The summed E-state index contributed by atoms with van der Waals surface area (Å²) in [7, 11) is 0. The lowest BCUT2D eigenvalue weighted by Crippen LogP contribution is -2.48. The summed E-state index contributed by atoms with van der Waals surface area (Å²) in [6.07, 6.45) is 1.90. The number of ether oxygens (including phenoxy) is 2. The number of rotatable bonds is 12. The van der Waals surface area contributed by atoms with Crippen LogP contribution in [0.3, 0.4) is 0 Å². The van der Waals surface area contributed by atoms with Gasteiger partial charge in [-0.2, -0.15) is 0 Å². The maximum absolute atomic E-state index is 12.4. The van der Waals surface area contributed by atoms with Crippen molar-refractivity contribution >= 4 is 18.1 Å². The molecule has 4 aromatic carbocycles. The number of fused-ring (bicyclic) bond motifs is 1. The Labute approximate surface area is 254 Å². The first-order valence-corrected chi connectivity index (χ1v) is 14.8. The van der Waals surface area contributed by atoms with Gasteiger partial charge in [0.1, 0.15) is 18.5 Å². The van der Waals surface area contributed by atoms with Crippen molar-refractivity contribution in [1.82, 2.24) is 4.90 Å². The summed E-state index contributed by atoms with van der Waals surface area (Å²) in [5, 5.41) is 2.78.